The van der Waals surface area contributed by atoms with Crippen LogP contribution >= 0.6 is 23.4 Å². The molecule has 0 bridgehead atoms. The molecule has 0 unspecified atom stereocenters. The molecule has 0 aliphatic carbocycles. The van der Waals surface area contributed by atoms with E-state index < -0.39 is 0 Å². The van der Waals surface area contributed by atoms with Crippen molar-refractivity contribution >= 4 is 40.3 Å². The second-order valence-electron chi connectivity index (χ2n) is 4.85. The van der Waals surface area contributed by atoms with Crippen molar-refractivity contribution in [3.05, 3.63) is 41.0 Å². The number of nitrogens with one attached hydrogen (secondary N) is 1. The number of imidazole rings is 1. The Bertz CT molecular complexity index is 897. The van der Waals surface area contributed by atoms with Crippen LogP contribution in [0.1, 0.15) is 10.4 Å². The quantitative estimate of drug-likeness (QED) is 0.532. The fourth-order valence-corrected chi connectivity index (χ4v) is 3.07. The van der Waals surface area contributed by atoms with Crippen LogP contribution in [0.15, 0.2) is 35.6 Å². The molecule has 0 aliphatic heterocycles. The molecule has 24 heavy (non-hydrogen) atoms. The molecule has 0 saturated carbocycles. The Morgan fingerprint density at radius 2 is 2.04 bits per heavy atom. The Morgan fingerprint density at radius 1 is 1.25 bits per heavy atom. The van der Waals surface area contributed by atoms with E-state index in [2.05, 4.69) is 15.0 Å². The molecule has 8 heteroatoms. The molecule has 2 aromatic heterocycles. The van der Waals surface area contributed by atoms with Gasteiger partial charge in [0.1, 0.15) is 0 Å². The number of nitrogens with zero attached hydrogens (tertiary/aromatic N) is 2. The molecule has 124 valence electrons. The number of hydrogen-bond acceptors (Lipinski definition) is 6. The van der Waals surface area contributed by atoms with Gasteiger partial charge in [-0.15, -0.1) is 0 Å². The zero-order valence-corrected chi connectivity index (χ0v) is 14.6. The summed E-state index contributed by atoms with van der Waals surface area (Å²) in [6.45, 7) is 0. The minimum absolute atomic E-state index is 0.0348. The normalized spacial score (nSPS) is 10.8. The first-order valence-electron chi connectivity index (χ1n) is 7.00. The molecule has 1 N–H and O–H groups in total. The van der Waals surface area contributed by atoms with Gasteiger partial charge in [-0.05, 0) is 24.3 Å². The highest BCUT2D eigenvalue weighted by Gasteiger charge is 2.13. The van der Waals surface area contributed by atoms with Crippen molar-refractivity contribution in [2.75, 3.05) is 20.0 Å². The fraction of sp³-hybridized carbons (Fsp3) is 0.188. The lowest BCUT2D eigenvalue weighted by molar-refractivity contribution is 0.102. The summed E-state index contributed by atoms with van der Waals surface area (Å²) in [5, 5.41) is 1.15. The van der Waals surface area contributed by atoms with E-state index in [1.807, 2.05) is 0 Å². The Balaban J connectivity index is 1.72. The Morgan fingerprint density at radius 3 is 2.79 bits per heavy atom. The molecule has 1 aromatic carbocycles. The van der Waals surface area contributed by atoms with Crippen molar-refractivity contribution in [3.63, 3.8) is 0 Å². The molecule has 0 amide bonds. The number of ether oxygens (including phenoxy) is 2. The van der Waals surface area contributed by atoms with Crippen LogP contribution in [0.3, 0.4) is 0 Å². The van der Waals surface area contributed by atoms with Crippen LogP contribution < -0.4 is 9.47 Å². The number of Topliss-reactive ketones (excluding diaryl/α,β-unsaturated/α-hetero) is 1. The van der Waals surface area contributed by atoms with E-state index in [-0.39, 0.29) is 11.5 Å². The summed E-state index contributed by atoms with van der Waals surface area (Å²) in [7, 11) is 3.09. The van der Waals surface area contributed by atoms with Crippen molar-refractivity contribution in [2.24, 2.45) is 0 Å². The van der Waals surface area contributed by atoms with Crippen molar-refractivity contribution in [2.45, 2.75) is 5.16 Å². The third kappa shape index (κ3) is 3.47. The lowest BCUT2D eigenvalue weighted by Crippen LogP contribution is -2.03. The number of ketones is 1. The van der Waals surface area contributed by atoms with Gasteiger partial charge in [0.15, 0.2) is 28.1 Å². The molecule has 0 radical (unpaired) electrons. The van der Waals surface area contributed by atoms with Gasteiger partial charge in [-0.25, -0.2) is 9.97 Å². The van der Waals surface area contributed by atoms with Crippen LogP contribution in [0, 0.1) is 0 Å². The largest absolute Gasteiger partial charge is 0.493 e. The maximum absolute atomic E-state index is 12.4. The lowest BCUT2D eigenvalue weighted by Gasteiger charge is -2.08. The monoisotopic (exact) mass is 363 g/mol. The zero-order chi connectivity index (χ0) is 17.1. The summed E-state index contributed by atoms with van der Waals surface area (Å²) in [5.74, 6) is 1.31. The molecule has 0 atom stereocenters. The Labute approximate surface area is 147 Å². The van der Waals surface area contributed by atoms with E-state index in [1.165, 1.54) is 25.1 Å². The molecule has 6 nitrogen and oxygen atoms in total. The zero-order valence-electron chi connectivity index (χ0n) is 13.0. The van der Waals surface area contributed by atoms with Crippen LogP contribution in [0.5, 0.6) is 11.5 Å². The predicted octanol–water partition coefficient (Wildman–Crippen LogP) is 3.60. The molecule has 0 spiro atoms. The summed E-state index contributed by atoms with van der Waals surface area (Å²) < 4.78 is 10.4. The second-order valence-corrected chi connectivity index (χ2v) is 6.25. The standard InChI is InChI=1S/C16H14ClN3O3S/c1-22-13-4-3-9(5-14(13)23-2)12(21)8-24-16-19-11-6-10(17)7-18-15(11)20-16/h3-7H,8H2,1-2H3,(H,18,19,20). The molecule has 0 saturated heterocycles. The number of thioether (sulfide) groups is 1. The summed E-state index contributed by atoms with van der Waals surface area (Å²) in [4.78, 5) is 23.9. The average Bonchev–Trinajstić information content (AvgIpc) is 3.00. The number of aromatic amines is 1. The molecule has 0 aliphatic rings. The van der Waals surface area contributed by atoms with Gasteiger partial charge >= 0.3 is 0 Å². The van der Waals surface area contributed by atoms with Crippen molar-refractivity contribution in [3.8, 4) is 11.5 Å². The van der Waals surface area contributed by atoms with E-state index in [0.29, 0.717) is 32.9 Å². The maximum atomic E-state index is 12.4. The smallest absolute Gasteiger partial charge is 0.178 e. The van der Waals surface area contributed by atoms with Gasteiger partial charge in [0.25, 0.3) is 0 Å². The number of carbonyl (C=O) groups excluding carboxylic acids is 1. The fourth-order valence-electron chi connectivity index (χ4n) is 2.15. The van der Waals surface area contributed by atoms with Gasteiger partial charge in [-0.2, -0.15) is 0 Å². The van der Waals surface area contributed by atoms with E-state index in [1.54, 1.807) is 31.4 Å². The van der Waals surface area contributed by atoms with Crippen molar-refractivity contribution in [1.29, 1.82) is 0 Å². The first-order valence-corrected chi connectivity index (χ1v) is 8.36. The number of benzene rings is 1. The highest BCUT2D eigenvalue weighted by atomic mass is 35.5. The summed E-state index contributed by atoms with van der Waals surface area (Å²) in [5.41, 5.74) is 1.86. The highest BCUT2D eigenvalue weighted by Crippen LogP contribution is 2.28. The number of rotatable bonds is 6. The summed E-state index contributed by atoms with van der Waals surface area (Å²) in [6, 6.07) is 6.84. The average molecular weight is 364 g/mol. The second kappa shape index (κ2) is 7.11. The van der Waals surface area contributed by atoms with Crippen LogP contribution in [-0.2, 0) is 0 Å². The molecular weight excluding hydrogens is 350 g/mol. The summed E-state index contributed by atoms with van der Waals surface area (Å²) in [6.07, 6.45) is 1.54. The van der Waals surface area contributed by atoms with E-state index >= 15 is 0 Å². The Kier molecular flexibility index (Phi) is 4.92. The van der Waals surface area contributed by atoms with Crippen LogP contribution in [0.4, 0.5) is 0 Å². The molecule has 3 rings (SSSR count). The number of methoxy groups -OCH3 is 2. The molecular formula is C16H14ClN3O3S. The summed E-state index contributed by atoms with van der Waals surface area (Å²) >= 11 is 7.20. The molecule has 3 aromatic rings. The SMILES string of the molecule is COc1ccc(C(=O)CSc2nc3ncc(Cl)cc3[nH]2)cc1OC. The minimum atomic E-state index is -0.0348. The number of hydrogen-bond donors (Lipinski definition) is 1. The van der Waals surface area contributed by atoms with Gasteiger partial charge < -0.3 is 14.5 Å². The van der Waals surface area contributed by atoms with Gasteiger partial charge in [0.05, 0.1) is 30.5 Å². The van der Waals surface area contributed by atoms with Crippen molar-refractivity contribution < 1.29 is 14.3 Å². The number of H-pyrrole nitrogens is 1. The number of carbonyl (C=O) groups is 1. The maximum Gasteiger partial charge on any atom is 0.178 e. The number of aromatic nitrogens is 3. The molecule has 2 heterocycles. The van der Waals surface area contributed by atoms with Gasteiger partial charge in [0.2, 0.25) is 0 Å². The van der Waals surface area contributed by atoms with Crippen LogP contribution in [0.25, 0.3) is 11.2 Å². The number of fused-ring (bicyclic) bond motifs is 1. The van der Waals surface area contributed by atoms with Gasteiger partial charge in [-0.3, -0.25) is 4.79 Å². The third-order valence-corrected chi connectivity index (χ3v) is 4.41. The third-order valence-electron chi connectivity index (χ3n) is 3.33. The topological polar surface area (TPSA) is 77.1 Å². The van der Waals surface area contributed by atoms with Gasteiger partial charge in [-0.1, -0.05) is 23.4 Å². The van der Waals surface area contributed by atoms with Crippen molar-refractivity contribution in [1.82, 2.24) is 15.0 Å². The van der Waals surface area contributed by atoms with E-state index in [9.17, 15) is 4.79 Å². The van der Waals surface area contributed by atoms with Crippen LogP contribution in [-0.4, -0.2) is 40.7 Å². The minimum Gasteiger partial charge on any atom is -0.493 e. The lowest BCUT2D eigenvalue weighted by atomic mass is 10.1. The first-order chi connectivity index (χ1) is 11.6. The van der Waals surface area contributed by atoms with E-state index in [0.717, 1.165) is 5.52 Å². The van der Waals surface area contributed by atoms with Crippen LogP contribution in [0.2, 0.25) is 5.02 Å². The highest BCUT2D eigenvalue weighted by molar-refractivity contribution is 7.99. The number of pyridine rings is 1. The first kappa shape index (κ1) is 16.6. The molecule has 0 fully saturated rings. The Hall–Kier alpha value is -2.25. The number of halogens is 1. The predicted molar refractivity (Wildman–Crippen MR) is 93.5 cm³/mol. The van der Waals surface area contributed by atoms with Gasteiger partial charge in [0, 0.05) is 11.8 Å². The van der Waals surface area contributed by atoms with E-state index in [4.69, 9.17) is 21.1 Å².